The zero-order valence-corrected chi connectivity index (χ0v) is 19.4. The summed E-state index contributed by atoms with van der Waals surface area (Å²) in [7, 11) is 0. The van der Waals surface area contributed by atoms with Gasteiger partial charge < -0.3 is 5.32 Å². The summed E-state index contributed by atoms with van der Waals surface area (Å²) in [6.07, 6.45) is 5.58. The van der Waals surface area contributed by atoms with Crippen LogP contribution in [0.15, 0.2) is 72.4 Å². The Balaban J connectivity index is 1.55. The predicted molar refractivity (Wildman–Crippen MR) is 135 cm³/mol. The number of halogens is 1. The molecule has 4 aromatic rings. The smallest absolute Gasteiger partial charge is 0.254 e. The number of rotatable bonds is 6. The molecule has 1 saturated heterocycles. The first-order chi connectivity index (χ1) is 17.0. The molecule has 0 atom stereocenters. The van der Waals surface area contributed by atoms with Crippen LogP contribution < -0.4 is 15.5 Å². The number of nitrogens with zero attached hydrogens (tertiary/aromatic N) is 4. The fraction of sp³-hybridized carbons (Fsp3) is 0.154. The Morgan fingerprint density at radius 1 is 1.06 bits per heavy atom. The van der Waals surface area contributed by atoms with Gasteiger partial charge in [-0.25, -0.2) is 4.98 Å². The lowest BCUT2D eigenvalue weighted by Gasteiger charge is -2.25. The first-order valence-electron chi connectivity index (χ1n) is 11.4. The number of anilines is 4. The molecule has 0 bridgehead atoms. The molecule has 3 heterocycles. The van der Waals surface area contributed by atoms with Crippen molar-refractivity contribution in [2.45, 2.75) is 25.3 Å². The van der Waals surface area contributed by atoms with Crippen LogP contribution in [-0.4, -0.2) is 32.5 Å². The van der Waals surface area contributed by atoms with Gasteiger partial charge in [0.05, 0.1) is 12.6 Å². The molecule has 2 amide bonds. The van der Waals surface area contributed by atoms with Crippen molar-refractivity contribution in [1.82, 2.24) is 19.9 Å². The molecule has 174 valence electrons. The highest BCUT2D eigenvalue weighted by molar-refractivity contribution is 6.30. The van der Waals surface area contributed by atoms with Gasteiger partial charge in [0, 0.05) is 39.6 Å². The Bertz CT molecular complexity index is 1490. The number of imide groups is 1. The van der Waals surface area contributed by atoms with Crippen LogP contribution in [0.4, 0.5) is 23.0 Å². The van der Waals surface area contributed by atoms with E-state index in [1.54, 1.807) is 16.8 Å². The van der Waals surface area contributed by atoms with Crippen molar-refractivity contribution in [2.75, 3.05) is 10.2 Å². The first-order valence-corrected chi connectivity index (χ1v) is 11.7. The quantitative estimate of drug-likeness (QED) is 0.300. The SMILES string of the molecule is O=C1C/C(=C\c2cnn3c(NC4CC4)cc(N(c4ccccc4)c4cccc(Cl)c4)nc23)C(=O)N1. The van der Waals surface area contributed by atoms with E-state index in [1.807, 2.05) is 65.6 Å². The maximum atomic E-state index is 12.2. The van der Waals surface area contributed by atoms with Crippen molar-refractivity contribution in [2.24, 2.45) is 0 Å². The van der Waals surface area contributed by atoms with Gasteiger partial charge in [-0.3, -0.25) is 19.8 Å². The summed E-state index contributed by atoms with van der Waals surface area (Å²) in [5.41, 5.74) is 3.41. The third kappa shape index (κ3) is 4.24. The van der Waals surface area contributed by atoms with E-state index in [4.69, 9.17) is 16.6 Å². The molecule has 0 unspecified atom stereocenters. The van der Waals surface area contributed by atoms with E-state index in [9.17, 15) is 9.59 Å². The molecule has 9 heteroatoms. The van der Waals surface area contributed by atoms with Gasteiger partial charge >= 0.3 is 0 Å². The van der Waals surface area contributed by atoms with Gasteiger partial charge in [0.25, 0.3) is 5.91 Å². The molecular formula is C26H21ClN6O2. The molecule has 1 aliphatic heterocycles. The fourth-order valence-electron chi connectivity index (χ4n) is 4.14. The second-order valence-electron chi connectivity index (χ2n) is 8.63. The standard InChI is InChI=1S/C26H21ClN6O2/c27-18-5-4-8-21(13-18)32(20-6-2-1-3-7-20)22-14-23(29-19-9-10-19)33-25(30-22)17(15-28-33)11-16-12-24(34)31-26(16)35/h1-8,11,13-15,19,29H,9-10,12H2,(H,31,34,35)/b16-11+. The Morgan fingerprint density at radius 2 is 1.86 bits per heavy atom. The van der Waals surface area contributed by atoms with Crippen LogP contribution >= 0.6 is 11.6 Å². The monoisotopic (exact) mass is 484 g/mol. The minimum Gasteiger partial charge on any atom is -0.367 e. The van der Waals surface area contributed by atoms with Crippen molar-refractivity contribution in [3.63, 3.8) is 0 Å². The molecule has 6 rings (SSSR count). The van der Waals surface area contributed by atoms with Gasteiger partial charge in [0.2, 0.25) is 5.91 Å². The summed E-state index contributed by atoms with van der Waals surface area (Å²) >= 11 is 6.35. The molecule has 2 aromatic carbocycles. The highest BCUT2D eigenvalue weighted by Gasteiger charge is 2.26. The van der Waals surface area contributed by atoms with Gasteiger partial charge in [0.15, 0.2) is 5.65 Å². The van der Waals surface area contributed by atoms with Crippen LogP contribution in [0.2, 0.25) is 5.02 Å². The highest BCUT2D eigenvalue weighted by Crippen LogP contribution is 2.37. The largest absolute Gasteiger partial charge is 0.367 e. The van der Waals surface area contributed by atoms with Crippen LogP contribution in [0.3, 0.4) is 0 Å². The first kappa shape index (κ1) is 21.4. The number of carbonyl (C=O) groups is 2. The van der Waals surface area contributed by atoms with Crippen LogP contribution in [0, 0.1) is 0 Å². The Labute approximate surface area is 206 Å². The zero-order chi connectivity index (χ0) is 23.9. The normalized spacial score (nSPS) is 16.7. The number of carbonyl (C=O) groups excluding carboxylic acids is 2. The van der Waals surface area contributed by atoms with Gasteiger partial charge in [0.1, 0.15) is 11.6 Å². The lowest BCUT2D eigenvalue weighted by atomic mass is 10.1. The number of aromatic nitrogens is 3. The molecular weight excluding hydrogens is 464 g/mol. The Kier molecular flexibility index (Phi) is 5.22. The third-order valence-corrected chi connectivity index (χ3v) is 6.19. The van der Waals surface area contributed by atoms with Gasteiger partial charge in [-0.1, -0.05) is 35.9 Å². The second-order valence-corrected chi connectivity index (χ2v) is 9.06. The average Bonchev–Trinajstić information content (AvgIpc) is 3.48. The van der Waals surface area contributed by atoms with Crippen LogP contribution in [0.1, 0.15) is 24.8 Å². The summed E-state index contributed by atoms with van der Waals surface area (Å²) in [5.74, 6) is 0.776. The summed E-state index contributed by atoms with van der Waals surface area (Å²) in [4.78, 5) is 30.9. The minimum absolute atomic E-state index is 0.0434. The summed E-state index contributed by atoms with van der Waals surface area (Å²) in [5, 5.41) is 11.0. The zero-order valence-electron chi connectivity index (χ0n) is 18.6. The van der Waals surface area contributed by atoms with Crippen LogP contribution in [0.5, 0.6) is 0 Å². The summed E-state index contributed by atoms with van der Waals surface area (Å²) in [6, 6.07) is 19.9. The van der Waals surface area contributed by atoms with E-state index in [0.29, 0.717) is 33.7 Å². The van der Waals surface area contributed by atoms with Crippen molar-refractivity contribution >= 4 is 58.1 Å². The van der Waals surface area contributed by atoms with E-state index in [0.717, 1.165) is 30.0 Å². The second kappa shape index (κ2) is 8.56. The predicted octanol–water partition coefficient (Wildman–Crippen LogP) is 4.86. The molecule has 1 aliphatic carbocycles. The Hall–Kier alpha value is -4.17. The van der Waals surface area contributed by atoms with Crippen molar-refractivity contribution in [3.05, 3.63) is 83.0 Å². The number of benzene rings is 2. The number of amides is 2. The minimum atomic E-state index is -0.383. The number of para-hydroxylation sites is 1. The van der Waals surface area contributed by atoms with Crippen molar-refractivity contribution in [3.8, 4) is 0 Å². The highest BCUT2D eigenvalue weighted by atomic mass is 35.5. The van der Waals surface area contributed by atoms with Crippen molar-refractivity contribution in [1.29, 1.82) is 0 Å². The topological polar surface area (TPSA) is 91.6 Å². The molecule has 0 radical (unpaired) electrons. The average molecular weight is 485 g/mol. The number of fused-ring (bicyclic) bond motifs is 1. The molecule has 2 aliphatic rings. The number of hydrogen-bond acceptors (Lipinski definition) is 6. The molecule has 2 fully saturated rings. The van der Waals surface area contributed by atoms with Crippen LogP contribution in [-0.2, 0) is 9.59 Å². The maximum absolute atomic E-state index is 12.2. The van der Waals surface area contributed by atoms with E-state index in [1.165, 1.54) is 0 Å². The van der Waals surface area contributed by atoms with E-state index in [2.05, 4.69) is 15.7 Å². The molecule has 2 N–H and O–H groups in total. The number of hydrogen-bond donors (Lipinski definition) is 2. The molecule has 2 aromatic heterocycles. The van der Waals surface area contributed by atoms with Gasteiger partial charge in [-0.15, -0.1) is 0 Å². The maximum Gasteiger partial charge on any atom is 0.254 e. The van der Waals surface area contributed by atoms with Gasteiger partial charge in [-0.05, 0) is 49.2 Å². The lowest BCUT2D eigenvalue weighted by molar-refractivity contribution is -0.124. The van der Waals surface area contributed by atoms with Crippen molar-refractivity contribution < 1.29 is 9.59 Å². The summed E-state index contributed by atoms with van der Waals surface area (Å²) < 4.78 is 1.74. The molecule has 0 spiro atoms. The van der Waals surface area contributed by atoms with E-state index in [-0.39, 0.29) is 18.2 Å². The number of nitrogens with one attached hydrogen (secondary N) is 2. The molecule has 1 saturated carbocycles. The van der Waals surface area contributed by atoms with Crippen LogP contribution in [0.25, 0.3) is 11.7 Å². The third-order valence-electron chi connectivity index (χ3n) is 5.95. The summed E-state index contributed by atoms with van der Waals surface area (Å²) in [6.45, 7) is 0. The molecule has 35 heavy (non-hydrogen) atoms. The van der Waals surface area contributed by atoms with Gasteiger partial charge in [-0.2, -0.15) is 9.61 Å². The lowest BCUT2D eigenvalue weighted by Crippen LogP contribution is -2.19. The molecule has 8 nitrogen and oxygen atoms in total. The van der Waals surface area contributed by atoms with E-state index >= 15 is 0 Å². The van der Waals surface area contributed by atoms with E-state index < -0.39 is 0 Å². The Morgan fingerprint density at radius 3 is 2.57 bits per heavy atom. The fourth-order valence-corrected chi connectivity index (χ4v) is 4.32.